The van der Waals surface area contributed by atoms with Crippen molar-refractivity contribution in [1.29, 1.82) is 0 Å². The monoisotopic (exact) mass is 347 g/mol. The number of para-hydroxylation sites is 1. The van der Waals surface area contributed by atoms with Crippen molar-refractivity contribution >= 4 is 35.1 Å². The first kappa shape index (κ1) is 17.2. The lowest BCUT2D eigenvalue weighted by Gasteiger charge is -2.09. The van der Waals surface area contributed by atoms with Gasteiger partial charge in [-0.25, -0.2) is 0 Å². The molecule has 2 aromatic carbocycles. The highest BCUT2D eigenvalue weighted by atomic mass is 35.5. The third-order valence-electron chi connectivity index (χ3n) is 2.93. The molecule has 0 unspecified atom stereocenters. The molecular weight excluding hydrogens is 330 g/mol. The number of hydrogen-bond donors (Lipinski definition) is 2. The molecule has 0 saturated heterocycles. The summed E-state index contributed by atoms with van der Waals surface area (Å²) in [4.78, 5) is 0. The van der Waals surface area contributed by atoms with Gasteiger partial charge in [0.1, 0.15) is 12.4 Å². The first-order valence-electron chi connectivity index (χ1n) is 7.22. The van der Waals surface area contributed by atoms with Crippen molar-refractivity contribution in [3.63, 3.8) is 0 Å². The molecule has 2 aromatic rings. The van der Waals surface area contributed by atoms with Crippen LogP contribution in [-0.4, -0.2) is 17.9 Å². The molecule has 0 aliphatic rings. The Kier molecular flexibility index (Phi) is 6.84. The number of ether oxygens (including phenoxy) is 1. The highest BCUT2D eigenvalue weighted by Gasteiger charge is 2.01. The summed E-state index contributed by atoms with van der Waals surface area (Å²) >= 11 is 10.9. The SMILES string of the molecule is CCNC(=S)N/N=C/c1ccccc1OCc1ccc(Cl)cc1. The Morgan fingerprint density at radius 2 is 1.96 bits per heavy atom. The first-order valence-corrected chi connectivity index (χ1v) is 8.01. The Balaban J connectivity index is 1.98. The van der Waals surface area contributed by atoms with Crippen LogP contribution in [0.15, 0.2) is 53.6 Å². The molecule has 2 rings (SSSR count). The fraction of sp³-hybridized carbons (Fsp3) is 0.176. The summed E-state index contributed by atoms with van der Waals surface area (Å²) < 4.78 is 5.86. The van der Waals surface area contributed by atoms with Crippen LogP contribution in [0.3, 0.4) is 0 Å². The molecule has 0 aliphatic carbocycles. The van der Waals surface area contributed by atoms with Crippen molar-refractivity contribution in [2.24, 2.45) is 5.10 Å². The summed E-state index contributed by atoms with van der Waals surface area (Å²) in [5.41, 5.74) is 4.68. The molecule has 6 heteroatoms. The molecule has 0 radical (unpaired) electrons. The van der Waals surface area contributed by atoms with E-state index in [0.717, 1.165) is 23.4 Å². The average molecular weight is 348 g/mol. The van der Waals surface area contributed by atoms with Crippen molar-refractivity contribution in [1.82, 2.24) is 10.7 Å². The van der Waals surface area contributed by atoms with Crippen LogP contribution in [0.2, 0.25) is 5.02 Å². The van der Waals surface area contributed by atoms with E-state index in [0.29, 0.717) is 16.7 Å². The molecule has 0 fully saturated rings. The van der Waals surface area contributed by atoms with Gasteiger partial charge in [0.2, 0.25) is 0 Å². The van der Waals surface area contributed by atoms with Crippen molar-refractivity contribution in [3.8, 4) is 5.75 Å². The molecule has 0 aromatic heterocycles. The van der Waals surface area contributed by atoms with Gasteiger partial charge in [-0.2, -0.15) is 5.10 Å². The van der Waals surface area contributed by atoms with Crippen LogP contribution < -0.4 is 15.5 Å². The topological polar surface area (TPSA) is 45.7 Å². The Labute approximate surface area is 146 Å². The van der Waals surface area contributed by atoms with Gasteiger partial charge >= 0.3 is 0 Å². The Bertz CT molecular complexity index is 674. The normalized spacial score (nSPS) is 10.5. The van der Waals surface area contributed by atoms with Gasteiger partial charge in [0.25, 0.3) is 0 Å². The van der Waals surface area contributed by atoms with Gasteiger partial charge < -0.3 is 10.1 Å². The lowest BCUT2D eigenvalue weighted by atomic mass is 10.2. The van der Waals surface area contributed by atoms with E-state index in [-0.39, 0.29) is 0 Å². The molecule has 0 spiro atoms. The van der Waals surface area contributed by atoms with Crippen LogP contribution in [0.5, 0.6) is 5.75 Å². The zero-order valence-corrected chi connectivity index (χ0v) is 14.3. The Morgan fingerprint density at radius 1 is 1.22 bits per heavy atom. The van der Waals surface area contributed by atoms with Crippen LogP contribution in [0.25, 0.3) is 0 Å². The standard InChI is InChI=1S/C17H18ClN3OS/c1-2-19-17(23)21-20-11-14-5-3-4-6-16(14)22-12-13-7-9-15(18)10-8-13/h3-11H,2,12H2,1H3,(H2,19,21,23)/b20-11+. The Morgan fingerprint density at radius 3 is 2.70 bits per heavy atom. The lowest BCUT2D eigenvalue weighted by molar-refractivity contribution is 0.306. The average Bonchev–Trinajstić information content (AvgIpc) is 2.56. The van der Waals surface area contributed by atoms with Crippen molar-refractivity contribution in [2.45, 2.75) is 13.5 Å². The summed E-state index contributed by atoms with van der Waals surface area (Å²) in [5.74, 6) is 0.752. The van der Waals surface area contributed by atoms with Crippen molar-refractivity contribution in [2.75, 3.05) is 6.54 Å². The second-order valence-corrected chi connectivity index (χ2v) is 5.53. The van der Waals surface area contributed by atoms with E-state index in [1.807, 2.05) is 55.5 Å². The van der Waals surface area contributed by atoms with Gasteiger partial charge in [-0.1, -0.05) is 35.9 Å². The minimum Gasteiger partial charge on any atom is -0.488 e. The predicted octanol–water partition coefficient (Wildman–Crippen LogP) is 3.74. The number of nitrogens with one attached hydrogen (secondary N) is 2. The first-order chi connectivity index (χ1) is 11.2. The third-order valence-corrected chi connectivity index (χ3v) is 3.42. The minimum atomic E-state index is 0.464. The zero-order valence-electron chi connectivity index (χ0n) is 12.8. The van der Waals surface area contributed by atoms with Gasteiger partial charge in [-0.15, -0.1) is 0 Å². The van der Waals surface area contributed by atoms with E-state index in [1.165, 1.54) is 0 Å². The number of hydrogen-bond acceptors (Lipinski definition) is 3. The summed E-state index contributed by atoms with van der Waals surface area (Å²) in [6.07, 6.45) is 1.68. The molecule has 4 nitrogen and oxygen atoms in total. The molecule has 0 aliphatic heterocycles. The molecule has 0 bridgehead atoms. The van der Waals surface area contributed by atoms with Gasteiger partial charge in [0.15, 0.2) is 5.11 Å². The van der Waals surface area contributed by atoms with Crippen LogP contribution >= 0.6 is 23.8 Å². The minimum absolute atomic E-state index is 0.464. The van der Waals surface area contributed by atoms with E-state index < -0.39 is 0 Å². The number of rotatable bonds is 6. The third kappa shape index (κ3) is 5.88. The molecular formula is C17H18ClN3OS. The van der Waals surface area contributed by atoms with Crippen LogP contribution in [0.4, 0.5) is 0 Å². The maximum absolute atomic E-state index is 5.88. The van der Waals surface area contributed by atoms with E-state index in [2.05, 4.69) is 15.8 Å². The molecule has 0 heterocycles. The van der Waals surface area contributed by atoms with Gasteiger partial charge in [-0.05, 0) is 49.0 Å². The highest BCUT2D eigenvalue weighted by Crippen LogP contribution is 2.18. The summed E-state index contributed by atoms with van der Waals surface area (Å²) in [7, 11) is 0. The second-order valence-electron chi connectivity index (χ2n) is 4.68. The zero-order chi connectivity index (χ0) is 16.5. The largest absolute Gasteiger partial charge is 0.488 e. The van der Waals surface area contributed by atoms with Gasteiger partial charge in [-0.3, -0.25) is 5.43 Å². The quantitative estimate of drug-likeness (QED) is 0.475. The number of hydrazone groups is 1. The van der Waals surface area contributed by atoms with Gasteiger partial charge in [0, 0.05) is 17.1 Å². The fourth-order valence-electron chi connectivity index (χ4n) is 1.82. The van der Waals surface area contributed by atoms with E-state index in [1.54, 1.807) is 6.21 Å². The predicted molar refractivity (Wildman–Crippen MR) is 99.2 cm³/mol. The second kappa shape index (κ2) is 9.12. The molecule has 0 saturated carbocycles. The highest BCUT2D eigenvalue weighted by molar-refractivity contribution is 7.80. The van der Waals surface area contributed by atoms with Crippen molar-refractivity contribution < 1.29 is 4.74 Å². The molecule has 2 N–H and O–H groups in total. The van der Waals surface area contributed by atoms with Crippen LogP contribution in [0, 0.1) is 0 Å². The molecule has 120 valence electrons. The summed E-state index contributed by atoms with van der Waals surface area (Å²) in [6, 6.07) is 15.3. The summed E-state index contributed by atoms with van der Waals surface area (Å²) in [5, 5.41) is 8.27. The summed E-state index contributed by atoms with van der Waals surface area (Å²) in [6.45, 7) is 3.19. The maximum Gasteiger partial charge on any atom is 0.186 e. The Hall–Kier alpha value is -2.11. The number of benzene rings is 2. The van der Waals surface area contributed by atoms with E-state index in [4.69, 9.17) is 28.6 Å². The van der Waals surface area contributed by atoms with Gasteiger partial charge in [0.05, 0.1) is 6.21 Å². The molecule has 23 heavy (non-hydrogen) atoms. The fourth-order valence-corrected chi connectivity index (χ4v) is 2.14. The maximum atomic E-state index is 5.88. The molecule has 0 amide bonds. The lowest BCUT2D eigenvalue weighted by Crippen LogP contribution is -2.31. The molecule has 0 atom stereocenters. The number of halogens is 1. The van der Waals surface area contributed by atoms with Crippen LogP contribution in [0.1, 0.15) is 18.1 Å². The number of nitrogens with zero attached hydrogens (tertiary/aromatic N) is 1. The van der Waals surface area contributed by atoms with E-state index >= 15 is 0 Å². The van der Waals surface area contributed by atoms with Crippen LogP contribution in [-0.2, 0) is 6.61 Å². The van der Waals surface area contributed by atoms with E-state index in [9.17, 15) is 0 Å². The number of thiocarbonyl (C=S) groups is 1. The van der Waals surface area contributed by atoms with Crippen molar-refractivity contribution in [3.05, 3.63) is 64.7 Å². The smallest absolute Gasteiger partial charge is 0.186 e.